The summed E-state index contributed by atoms with van der Waals surface area (Å²) in [5, 5.41) is 0. The topological polar surface area (TPSA) is 24.1 Å². The second-order valence-corrected chi connectivity index (χ2v) is 6.13. The highest BCUT2D eigenvalue weighted by atomic mass is 79.9. The van der Waals surface area contributed by atoms with Gasteiger partial charge in [0, 0.05) is 16.9 Å². The summed E-state index contributed by atoms with van der Waals surface area (Å²) in [4.78, 5) is 0.775. The number of alkyl halides is 1. The average molecular weight is 245 g/mol. The molecule has 2 N–H and O–H groups in total. The van der Waals surface area contributed by atoms with Gasteiger partial charge in [0.1, 0.15) is 0 Å². The second kappa shape index (κ2) is 3.21. The van der Waals surface area contributed by atoms with E-state index in [1.165, 1.54) is 32.1 Å². The Balaban J connectivity index is 1.71. The number of halogens is 1. The van der Waals surface area contributed by atoms with Crippen molar-refractivity contribution >= 4 is 15.9 Å². The first kappa shape index (κ1) is 8.69. The molecule has 3 fully saturated rings. The fraction of sp³-hybridized carbons (Fsp3) is 1.00. The van der Waals surface area contributed by atoms with E-state index in [1.54, 1.807) is 0 Å². The predicted octanol–water partition coefficient (Wildman–Crippen LogP) is 1.80. The standard InChI is InChI=1S/C10H17BrN2/c11-7-3-4-9-8(5-7)10(13-12-9)6-1-2-6/h6-10,12-13H,1-5H2. The minimum absolute atomic E-state index is 0.763. The average Bonchev–Trinajstić information content (AvgIpc) is 2.87. The van der Waals surface area contributed by atoms with Gasteiger partial charge in [-0.15, -0.1) is 0 Å². The van der Waals surface area contributed by atoms with Crippen LogP contribution in [0.1, 0.15) is 32.1 Å². The van der Waals surface area contributed by atoms with E-state index in [9.17, 15) is 0 Å². The highest BCUT2D eigenvalue weighted by Gasteiger charge is 2.45. The van der Waals surface area contributed by atoms with Crippen molar-refractivity contribution in [1.82, 2.24) is 10.9 Å². The maximum absolute atomic E-state index is 3.77. The summed E-state index contributed by atoms with van der Waals surface area (Å²) in [5.41, 5.74) is 6.99. The molecule has 0 radical (unpaired) electrons. The largest absolute Gasteiger partial charge is 0.254 e. The summed E-state index contributed by atoms with van der Waals surface area (Å²) in [5.74, 6) is 1.88. The summed E-state index contributed by atoms with van der Waals surface area (Å²) in [7, 11) is 0. The van der Waals surface area contributed by atoms with Crippen molar-refractivity contribution in [3.05, 3.63) is 0 Å². The minimum Gasteiger partial charge on any atom is -0.254 e. The van der Waals surface area contributed by atoms with Crippen LogP contribution in [0.4, 0.5) is 0 Å². The zero-order chi connectivity index (χ0) is 8.84. The number of rotatable bonds is 1. The van der Waals surface area contributed by atoms with E-state index in [4.69, 9.17) is 0 Å². The van der Waals surface area contributed by atoms with Crippen molar-refractivity contribution in [2.24, 2.45) is 11.8 Å². The van der Waals surface area contributed by atoms with Crippen molar-refractivity contribution in [1.29, 1.82) is 0 Å². The molecule has 3 rings (SSSR count). The van der Waals surface area contributed by atoms with Crippen LogP contribution in [0, 0.1) is 11.8 Å². The number of fused-ring (bicyclic) bond motifs is 1. The van der Waals surface area contributed by atoms with Crippen molar-refractivity contribution < 1.29 is 0 Å². The predicted molar refractivity (Wildman–Crippen MR) is 56.6 cm³/mol. The van der Waals surface area contributed by atoms with Gasteiger partial charge in [-0.3, -0.25) is 10.9 Å². The Bertz CT molecular complexity index is 205. The van der Waals surface area contributed by atoms with Crippen molar-refractivity contribution in [2.45, 2.75) is 49.0 Å². The minimum atomic E-state index is 0.763. The summed E-state index contributed by atoms with van der Waals surface area (Å²) in [6, 6.07) is 1.55. The second-order valence-electron chi connectivity index (χ2n) is 4.83. The molecule has 0 aromatic heterocycles. The van der Waals surface area contributed by atoms with Gasteiger partial charge in [0.15, 0.2) is 0 Å². The summed E-state index contributed by atoms with van der Waals surface area (Å²) >= 11 is 3.77. The number of hydrogen-bond donors (Lipinski definition) is 2. The SMILES string of the molecule is BrC1CCC2NNC(C3CC3)C2C1. The highest BCUT2D eigenvalue weighted by Crippen LogP contribution is 2.43. The fourth-order valence-corrected chi connectivity index (χ4v) is 3.66. The zero-order valence-electron chi connectivity index (χ0n) is 7.80. The monoisotopic (exact) mass is 244 g/mol. The number of hydrogen-bond acceptors (Lipinski definition) is 2. The Morgan fingerprint density at radius 3 is 2.62 bits per heavy atom. The van der Waals surface area contributed by atoms with Crippen molar-refractivity contribution in [3.8, 4) is 0 Å². The van der Waals surface area contributed by atoms with Gasteiger partial charge in [-0.2, -0.15) is 0 Å². The first-order chi connectivity index (χ1) is 6.34. The van der Waals surface area contributed by atoms with Gasteiger partial charge >= 0.3 is 0 Å². The van der Waals surface area contributed by atoms with E-state index >= 15 is 0 Å². The first-order valence-corrected chi connectivity index (χ1v) is 6.41. The maximum Gasteiger partial charge on any atom is 0.0285 e. The lowest BCUT2D eigenvalue weighted by Crippen LogP contribution is -2.35. The van der Waals surface area contributed by atoms with Crippen molar-refractivity contribution in [2.75, 3.05) is 0 Å². The number of nitrogens with one attached hydrogen (secondary N) is 2. The summed E-state index contributed by atoms with van der Waals surface area (Å²) in [6.07, 6.45) is 6.96. The molecule has 1 heterocycles. The molecule has 1 aliphatic heterocycles. The van der Waals surface area contributed by atoms with Gasteiger partial charge in [0.05, 0.1) is 0 Å². The smallest absolute Gasteiger partial charge is 0.0285 e. The Hall–Kier alpha value is 0.400. The third-order valence-corrected chi connectivity index (χ3v) is 4.69. The van der Waals surface area contributed by atoms with Crippen LogP contribution in [0.2, 0.25) is 0 Å². The zero-order valence-corrected chi connectivity index (χ0v) is 9.39. The molecule has 1 saturated heterocycles. The van der Waals surface area contributed by atoms with Gasteiger partial charge in [0.2, 0.25) is 0 Å². The quantitative estimate of drug-likeness (QED) is 0.688. The molecule has 2 nitrogen and oxygen atoms in total. The number of hydrazine groups is 1. The Kier molecular flexibility index (Phi) is 2.15. The molecule has 0 bridgehead atoms. The van der Waals surface area contributed by atoms with Crippen LogP contribution in [0.25, 0.3) is 0 Å². The van der Waals surface area contributed by atoms with Gasteiger partial charge in [-0.05, 0) is 43.9 Å². The van der Waals surface area contributed by atoms with E-state index in [0.717, 1.165) is 28.7 Å². The van der Waals surface area contributed by atoms with Crippen molar-refractivity contribution in [3.63, 3.8) is 0 Å². The third-order valence-electron chi connectivity index (χ3n) is 3.86. The normalized spacial score (nSPS) is 50.5. The molecule has 4 atom stereocenters. The summed E-state index contributed by atoms with van der Waals surface area (Å²) in [6.45, 7) is 0. The van der Waals surface area contributed by atoms with Crippen LogP contribution < -0.4 is 10.9 Å². The van der Waals surface area contributed by atoms with Crippen LogP contribution >= 0.6 is 15.9 Å². The molecular formula is C10H17BrN2. The molecule has 0 amide bonds. The van der Waals surface area contributed by atoms with Crippen LogP contribution in [-0.2, 0) is 0 Å². The first-order valence-electron chi connectivity index (χ1n) is 5.50. The Morgan fingerprint density at radius 1 is 1.00 bits per heavy atom. The van der Waals surface area contributed by atoms with E-state index in [1.807, 2.05) is 0 Å². The lowest BCUT2D eigenvalue weighted by molar-refractivity contribution is 0.300. The fourth-order valence-electron chi connectivity index (χ4n) is 2.96. The van der Waals surface area contributed by atoms with Gasteiger partial charge in [-0.1, -0.05) is 15.9 Å². The summed E-state index contributed by atoms with van der Waals surface area (Å²) < 4.78 is 0. The van der Waals surface area contributed by atoms with Crippen LogP contribution in [-0.4, -0.2) is 16.9 Å². The van der Waals surface area contributed by atoms with E-state index in [-0.39, 0.29) is 0 Å². The molecular weight excluding hydrogens is 228 g/mol. The van der Waals surface area contributed by atoms with Crippen LogP contribution in [0.15, 0.2) is 0 Å². The van der Waals surface area contributed by atoms with Gasteiger partial charge in [-0.25, -0.2) is 0 Å². The van der Waals surface area contributed by atoms with E-state index in [2.05, 4.69) is 26.8 Å². The molecule has 2 aliphatic carbocycles. The van der Waals surface area contributed by atoms with E-state index < -0.39 is 0 Å². The molecule has 13 heavy (non-hydrogen) atoms. The third kappa shape index (κ3) is 1.55. The lowest BCUT2D eigenvalue weighted by Gasteiger charge is -2.30. The maximum atomic E-state index is 3.77. The Morgan fingerprint density at radius 2 is 1.85 bits per heavy atom. The molecule has 74 valence electrons. The van der Waals surface area contributed by atoms with Crippen LogP contribution in [0.5, 0.6) is 0 Å². The molecule has 3 heteroatoms. The van der Waals surface area contributed by atoms with Gasteiger partial charge in [0.25, 0.3) is 0 Å². The molecule has 4 unspecified atom stereocenters. The van der Waals surface area contributed by atoms with E-state index in [0.29, 0.717) is 0 Å². The highest BCUT2D eigenvalue weighted by molar-refractivity contribution is 9.09. The molecule has 2 saturated carbocycles. The molecule has 3 aliphatic rings. The van der Waals surface area contributed by atoms with Crippen LogP contribution in [0.3, 0.4) is 0 Å². The Labute approximate surface area is 87.9 Å². The molecule has 0 spiro atoms. The molecule has 0 aromatic rings. The van der Waals surface area contributed by atoms with Gasteiger partial charge < -0.3 is 0 Å². The lowest BCUT2D eigenvalue weighted by atomic mass is 9.80. The molecule has 0 aromatic carbocycles.